The van der Waals surface area contributed by atoms with E-state index in [0.29, 0.717) is 25.3 Å². The second-order valence-electron chi connectivity index (χ2n) is 6.45. The maximum atomic E-state index is 12.5. The zero-order valence-electron chi connectivity index (χ0n) is 15.5. The molecule has 0 aromatic heterocycles. The number of carbonyl (C=O) groups is 2. The molecule has 5 heteroatoms. The lowest BCUT2D eigenvalue weighted by Crippen LogP contribution is -2.24. The lowest BCUT2D eigenvalue weighted by Gasteiger charge is -2.12. The fraction of sp³-hybridized carbons (Fsp3) is 0.333. The van der Waals surface area contributed by atoms with Crippen molar-refractivity contribution < 1.29 is 19.4 Å². The summed E-state index contributed by atoms with van der Waals surface area (Å²) in [6, 6.07) is 11.5. The average molecular weight is 355 g/mol. The van der Waals surface area contributed by atoms with Crippen LogP contribution in [0, 0.1) is 20.8 Å². The Kier molecular flexibility index (Phi) is 6.78. The largest absolute Gasteiger partial charge is 0.494 e. The predicted molar refractivity (Wildman–Crippen MR) is 101 cm³/mol. The number of ether oxygens (including phenoxy) is 1. The normalized spacial score (nSPS) is 10.4. The molecule has 0 radical (unpaired) electrons. The zero-order valence-corrected chi connectivity index (χ0v) is 15.5. The molecule has 0 unspecified atom stereocenters. The third-order valence-corrected chi connectivity index (χ3v) is 4.08. The van der Waals surface area contributed by atoms with Gasteiger partial charge in [0.25, 0.3) is 5.91 Å². The van der Waals surface area contributed by atoms with Crippen LogP contribution in [-0.2, 0) is 11.3 Å². The number of rotatable bonds is 8. The van der Waals surface area contributed by atoms with Gasteiger partial charge < -0.3 is 15.2 Å². The van der Waals surface area contributed by atoms with Crippen LogP contribution in [0.25, 0.3) is 0 Å². The van der Waals surface area contributed by atoms with Crippen molar-refractivity contribution in [3.05, 3.63) is 64.2 Å². The first-order chi connectivity index (χ1) is 12.4. The lowest BCUT2D eigenvalue weighted by atomic mass is 9.99. The van der Waals surface area contributed by atoms with E-state index in [1.54, 1.807) is 0 Å². The van der Waals surface area contributed by atoms with Gasteiger partial charge in [0.05, 0.1) is 6.61 Å². The van der Waals surface area contributed by atoms with Gasteiger partial charge in [-0.2, -0.15) is 0 Å². The number of carboxylic acids is 1. The minimum absolute atomic E-state index is 0.0750. The Hall–Kier alpha value is -2.82. The first-order valence-corrected chi connectivity index (χ1v) is 8.66. The number of hydrogen-bond donors (Lipinski definition) is 2. The number of carbonyl (C=O) groups excluding carboxylic acids is 1. The molecular formula is C21H25NO4. The molecule has 0 aliphatic heterocycles. The van der Waals surface area contributed by atoms with Crippen LogP contribution in [0.15, 0.2) is 36.4 Å². The number of carboxylic acid groups (broad SMARTS) is 1. The van der Waals surface area contributed by atoms with Crippen molar-refractivity contribution in [3.8, 4) is 5.75 Å². The molecule has 0 bridgehead atoms. The van der Waals surface area contributed by atoms with Gasteiger partial charge in [0, 0.05) is 18.5 Å². The highest BCUT2D eigenvalue weighted by Gasteiger charge is 2.12. The standard InChI is InChI=1S/C21H25NO4/c1-14-11-15(2)20(16(3)12-14)21(25)22-13-17-6-8-18(9-7-17)26-10-4-5-19(23)24/h6-9,11-12H,4-5,10,13H2,1-3H3,(H,22,25)(H,23,24). The molecule has 5 nitrogen and oxygen atoms in total. The number of aliphatic carboxylic acids is 1. The number of nitrogens with one attached hydrogen (secondary N) is 1. The van der Waals surface area contributed by atoms with Crippen molar-refractivity contribution in [2.75, 3.05) is 6.61 Å². The first-order valence-electron chi connectivity index (χ1n) is 8.66. The van der Waals surface area contributed by atoms with Gasteiger partial charge in [-0.25, -0.2) is 0 Å². The molecular weight excluding hydrogens is 330 g/mol. The Balaban J connectivity index is 1.88. The summed E-state index contributed by atoms with van der Waals surface area (Å²) < 4.78 is 5.50. The van der Waals surface area contributed by atoms with Gasteiger partial charge in [-0.1, -0.05) is 29.8 Å². The van der Waals surface area contributed by atoms with Crippen LogP contribution in [0.1, 0.15) is 45.5 Å². The molecule has 0 atom stereocenters. The molecule has 0 fully saturated rings. The Morgan fingerprint density at radius 2 is 1.65 bits per heavy atom. The van der Waals surface area contributed by atoms with E-state index in [0.717, 1.165) is 27.8 Å². The fourth-order valence-electron chi connectivity index (χ4n) is 2.93. The summed E-state index contributed by atoms with van der Waals surface area (Å²) in [5.41, 5.74) is 4.80. The summed E-state index contributed by atoms with van der Waals surface area (Å²) >= 11 is 0. The van der Waals surface area contributed by atoms with E-state index >= 15 is 0 Å². The Bertz CT molecular complexity index is 758. The van der Waals surface area contributed by atoms with Gasteiger partial charge >= 0.3 is 5.97 Å². The summed E-state index contributed by atoms with van der Waals surface area (Å²) in [6.45, 7) is 6.73. The van der Waals surface area contributed by atoms with Gasteiger partial charge in [-0.05, 0) is 56.0 Å². The second kappa shape index (κ2) is 9.04. The first kappa shape index (κ1) is 19.5. The van der Waals surface area contributed by atoms with Crippen molar-refractivity contribution in [3.63, 3.8) is 0 Å². The highest BCUT2D eigenvalue weighted by Crippen LogP contribution is 2.17. The zero-order chi connectivity index (χ0) is 19.1. The van der Waals surface area contributed by atoms with E-state index in [4.69, 9.17) is 9.84 Å². The summed E-state index contributed by atoms with van der Waals surface area (Å²) in [5, 5.41) is 11.5. The maximum Gasteiger partial charge on any atom is 0.303 e. The molecule has 0 heterocycles. The summed E-state index contributed by atoms with van der Waals surface area (Å²) in [7, 11) is 0. The van der Waals surface area contributed by atoms with Crippen LogP contribution in [0.5, 0.6) is 5.75 Å². The smallest absolute Gasteiger partial charge is 0.303 e. The summed E-state index contributed by atoms with van der Waals surface area (Å²) in [6.07, 6.45) is 0.574. The Morgan fingerprint density at radius 1 is 1.04 bits per heavy atom. The third kappa shape index (κ3) is 5.62. The predicted octanol–water partition coefficient (Wildman–Crippen LogP) is 3.79. The number of benzene rings is 2. The minimum atomic E-state index is -0.821. The number of hydrogen-bond acceptors (Lipinski definition) is 3. The van der Waals surface area contributed by atoms with Gasteiger partial charge in [0.2, 0.25) is 0 Å². The van der Waals surface area contributed by atoms with Crippen LogP contribution in [0.4, 0.5) is 0 Å². The van der Waals surface area contributed by atoms with Gasteiger partial charge in [0.15, 0.2) is 0 Å². The number of aryl methyl sites for hydroxylation is 3. The molecule has 2 aromatic rings. The quantitative estimate of drug-likeness (QED) is 0.707. The molecule has 26 heavy (non-hydrogen) atoms. The van der Waals surface area contributed by atoms with E-state index in [1.807, 2.05) is 57.2 Å². The van der Waals surface area contributed by atoms with Crippen LogP contribution >= 0.6 is 0 Å². The number of amides is 1. The Morgan fingerprint density at radius 3 is 2.23 bits per heavy atom. The third-order valence-electron chi connectivity index (χ3n) is 4.08. The molecule has 0 aliphatic carbocycles. The molecule has 2 rings (SSSR count). The van der Waals surface area contributed by atoms with Gasteiger partial charge in [-0.15, -0.1) is 0 Å². The van der Waals surface area contributed by atoms with E-state index in [9.17, 15) is 9.59 Å². The van der Waals surface area contributed by atoms with Crippen LogP contribution in [-0.4, -0.2) is 23.6 Å². The molecule has 138 valence electrons. The molecule has 0 spiro atoms. The molecule has 2 aromatic carbocycles. The maximum absolute atomic E-state index is 12.5. The summed E-state index contributed by atoms with van der Waals surface area (Å²) in [4.78, 5) is 22.9. The van der Waals surface area contributed by atoms with E-state index in [-0.39, 0.29) is 12.3 Å². The minimum Gasteiger partial charge on any atom is -0.494 e. The van der Waals surface area contributed by atoms with Crippen LogP contribution < -0.4 is 10.1 Å². The highest BCUT2D eigenvalue weighted by atomic mass is 16.5. The molecule has 0 aliphatic rings. The SMILES string of the molecule is Cc1cc(C)c(C(=O)NCc2ccc(OCCCC(=O)O)cc2)c(C)c1. The fourth-order valence-corrected chi connectivity index (χ4v) is 2.93. The monoisotopic (exact) mass is 355 g/mol. The molecule has 1 amide bonds. The average Bonchev–Trinajstić information content (AvgIpc) is 2.57. The second-order valence-corrected chi connectivity index (χ2v) is 6.45. The molecule has 0 saturated carbocycles. The molecule has 0 saturated heterocycles. The van der Waals surface area contributed by atoms with Crippen molar-refractivity contribution in [2.24, 2.45) is 0 Å². The van der Waals surface area contributed by atoms with Crippen molar-refractivity contribution >= 4 is 11.9 Å². The van der Waals surface area contributed by atoms with Crippen molar-refractivity contribution in [2.45, 2.75) is 40.2 Å². The van der Waals surface area contributed by atoms with E-state index < -0.39 is 5.97 Å². The Labute approximate surface area is 154 Å². The van der Waals surface area contributed by atoms with Crippen LogP contribution in [0.3, 0.4) is 0 Å². The van der Waals surface area contributed by atoms with E-state index in [1.165, 1.54) is 0 Å². The highest BCUT2D eigenvalue weighted by molar-refractivity contribution is 5.97. The van der Waals surface area contributed by atoms with E-state index in [2.05, 4.69) is 5.32 Å². The van der Waals surface area contributed by atoms with Gasteiger partial charge in [0.1, 0.15) is 5.75 Å². The van der Waals surface area contributed by atoms with Crippen LogP contribution in [0.2, 0.25) is 0 Å². The molecule has 2 N–H and O–H groups in total. The topological polar surface area (TPSA) is 75.6 Å². The van der Waals surface area contributed by atoms with Crippen molar-refractivity contribution in [1.82, 2.24) is 5.32 Å². The summed E-state index contributed by atoms with van der Waals surface area (Å²) in [5.74, 6) is -0.205. The van der Waals surface area contributed by atoms with Crippen molar-refractivity contribution in [1.29, 1.82) is 0 Å². The lowest BCUT2D eigenvalue weighted by molar-refractivity contribution is -0.137. The van der Waals surface area contributed by atoms with Gasteiger partial charge in [-0.3, -0.25) is 9.59 Å².